The van der Waals surface area contributed by atoms with E-state index in [4.69, 9.17) is 4.84 Å². The van der Waals surface area contributed by atoms with E-state index in [0.717, 1.165) is 11.3 Å². The Morgan fingerprint density at radius 3 is 2.52 bits per heavy atom. The summed E-state index contributed by atoms with van der Waals surface area (Å²) in [4.78, 5) is 29.2. The lowest BCUT2D eigenvalue weighted by Gasteiger charge is -2.11. The van der Waals surface area contributed by atoms with Gasteiger partial charge in [-0.2, -0.15) is 0 Å². The third-order valence-electron chi connectivity index (χ3n) is 3.63. The van der Waals surface area contributed by atoms with Crippen LogP contribution in [0.25, 0.3) is 0 Å². The molecule has 3 rings (SSSR count). The predicted molar refractivity (Wildman–Crippen MR) is 87.5 cm³/mol. The van der Waals surface area contributed by atoms with Crippen LogP contribution >= 0.6 is 0 Å². The van der Waals surface area contributed by atoms with E-state index in [0.29, 0.717) is 17.7 Å². The first-order chi connectivity index (χ1) is 11.1. The van der Waals surface area contributed by atoms with Crippen molar-refractivity contribution < 1.29 is 14.4 Å². The number of amides is 1. The third kappa shape index (κ3) is 3.29. The molecule has 0 bridgehead atoms. The zero-order valence-corrected chi connectivity index (χ0v) is 12.7. The monoisotopic (exact) mass is 308 g/mol. The van der Waals surface area contributed by atoms with Crippen LogP contribution in [0.3, 0.4) is 0 Å². The first-order valence-corrected chi connectivity index (χ1v) is 7.34. The lowest BCUT2D eigenvalue weighted by atomic mass is 10.0. The molecule has 1 amide bonds. The molecule has 1 heterocycles. The topological polar surface area (TPSA) is 67.8 Å². The van der Waals surface area contributed by atoms with Gasteiger partial charge in [-0.25, -0.2) is 0 Å². The fourth-order valence-corrected chi connectivity index (χ4v) is 2.43. The second kappa shape index (κ2) is 6.44. The zero-order chi connectivity index (χ0) is 16.2. The Kier molecular flexibility index (Phi) is 4.19. The van der Waals surface area contributed by atoms with Crippen LogP contribution in [0.4, 0.5) is 5.69 Å². The van der Waals surface area contributed by atoms with Crippen LogP contribution in [0.1, 0.15) is 29.3 Å². The number of nitrogens with zero attached hydrogens (tertiary/aromatic N) is 1. The molecule has 0 saturated carbocycles. The predicted octanol–water partition coefficient (Wildman–Crippen LogP) is 3.02. The second-order valence-corrected chi connectivity index (χ2v) is 5.29. The minimum absolute atomic E-state index is 0.102. The van der Waals surface area contributed by atoms with Crippen LogP contribution in [0, 0.1) is 0 Å². The van der Waals surface area contributed by atoms with Crippen LogP contribution < -0.4 is 5.32 Å². The summed E-state index contributed by atoms with van der Waals surface area (Å²) in [5, 5.41) is 6.74. The molecule has 1 aliphatic heterocycles. The number of ketones is 1. The molecule has 0 aliphatic carbocycles. The maximum atomic E-state index is 12.3. The smallest absolute Gasteiger partial charge is 0.268 e. The van der Waals surface area contributed by atoms with E-state index in [2.05, 4.69) is 10.5 Å². The molecule has 5 heteroatoms. The lowest BCUT2D eigenvalue weighted by Crippen LogP contribution is -2.28. The average molecular weight is 308 g/mol. The van der Waals surface area contributed by atoms with Gasteiger partial charge in [-0.1, -0.05) is 47.6 Å². The molecule has 5 nitrogen and oxygen atoms in total. The molecule has 0 saturated heterocycles. The summed E-state index contributed by atoms with van der Waals surface area (Å²) in [6.45, 7) is 1.47. The van der Waals surface area contributed by atoms with Gasteiger partial charge >= 0.3 is 0 Å². The van der Waals surface area contributed by atoms with Gasteiger partial charge < -0.3 is 10.2 Å². The molecule has 1 aliphatic rings. The summed E-state index contributed by atoms with van der Waals surface area (Å²) >= 11 is 0. The van der Waals surface area contributed by atoms with Gasteiger partial charge in [0.05, 0.1) is 11.4 Å². The normalized spacial score (nSPS) is 16.4. The Hall–Kier alpha value is -2.95. The maximum absolute atomic E-state index is 12.3. The van der Waals surface area contributed by atoms with Gasteiger partial charge in [-0.3, -0.25) is 9.59 Å². The van der Waals surface area contributed by atoms with Crippen LogP contribution in [0.15, 0.2) is 59.8 Å². The van der Waals surface area contributed by atoms with Gasteiger partial charge in [-0.15, -0.1) is 0 Å². The number of carbonyl (C=O) groups excluding carboxylic acids is 2. The molecule has 0 unspecified atom stereocenters. The Labute approximate surface area is 134 Å². The minimum atomic E-state index is -0.690. The molecule has 2 aromatic carbocycles. The highest BCUT2D eigenvalue weighted by Crippen LogP contribution is 2.20. The van der Waals surface area contributed by atoms with E-state index in [1.54, 1.807) is 24.3 Å². The molecule has 116 valence electrons. The molecule has 1 N–H and O–H groups in total. The summed E-state index contributed by atoms with van der Waals surface area (Å²) in [5.74, 6) is -0.414. The van der Waals surface area contributed by atoms with Crippen molar-refractivity contribution in [3.05, 3.63) is 65.7 Å². The number of oxime groups is 1. The van der Waals surface area contributed by atoms with Gasteiger partial charge in [-0.05, 0) is 24.6 Å². The maximum Gasteiger partial charge on any atom is 0.268 e. The van der Waals surface area contributed by atoms with Crippen molar-refractivity contribution in [1.82, 2.24) is 0 Å². The summed E-state index contributed by atoms with van der Waals surface area (Å²) < 4.78 is 0. The van der Waals surface area contributed by atoms with E-state index in [1.165, 1.54) is 6.92 Å². The highest BCUT2D eigenvalue weighted by Gasteiger charge is 2.29. The van der Waals surface area contributed by atoms with Crippen molar-refractivity contribution in [2.45, 2.75) is 19.4 Å². The van der Waals surface area contributed by atoms with Gasteiger partial charge in [0.2, 0.25) is 6.10 Å². The van der Waals surface area contributed by atoms with Crippen LogP contribution in [-0.2, 0) is 9.63 Å². The largest absolute Gasteiger partial charge is 0.382 e. The summed E-state index contributed by atoms with van der Waals surface area (Å²) in [6.07, 6.45) is -0.289. The summed E-state index contributed by atoms with van der Waals surface area (Å²) in [6, 6.07) is 16.5. The van der Waals surface area contributed by atoms with E-state index in [1.807, 2.05) is 30.3 Å². The number of hydrogen-bond donors (Lipinski definition) is 1. The van der Waals surface area contributed by atoms with E-state index in [9.17, 15) is 9.59 Å². The quantitative estimate of drug-likeness (QED) is 0.883. The number of benzene rings is 2. The van der Waals surface area contributed by atoms with Crippen LogP contribution in [-0.4, -0.2) is 23.5 Å². The van der Waals surface area contributed by atoms with E-state index < -0.39 is 6.10 Å². The van der Waals surface area contributed by atoms with Crippen molar-refractivity contribution in [2.24, 2.45) is 5.16 Å². The molecule has 0 aromatic heterocycles. The molecule has 23 heavy (non-hydrogen) atoms. The van der Waals surface area contributed by atoms with Gasteiger partial charge in [0.25, 0.3) is 5.91 Å². The van der Waals surface area contributed by atoms with Crippen LogP contribution in [0.2, 0.25) is 0 Å². The number of nitrogens with one attached hydrogen (secondary N) is 1. The Morgan fingerprint density at radius 2 is 1.78 bits per heavy atom. The first kappa shape index (κ1) is 15.0. The lowest BCUT2D eigenvalue weighted by molar-refractivity contribution is -0.125. The first-order valence-electron chi connectivity index (χ1n) is 7.34. The minimum Gasteiger partial charge on any atom is -0.382 e. The average Bonchev–Trinajstić information content (AvgIpc) is 3.06. The fourth-order valence-electron chi connectivity index (χ4n) is 2.43. The van der Waals surface area contributed by atoms with Crippen molar-refractivity contribution in [2.75, 3.05) is 5.32 Å². The second-order valence-electron chi connectivity index (χ2n) is 5.29. The standard InChI is InChI=1S/C18H16N2O3/c1-12(21)14-9-5-6-10-15(14)19-18(22)17-11-16(20-23-17)13-7-3-2-4-8-13/h2-10,17H,11H2,1H3,(H,19,22)/t17-/m1/s1. The number of Topliss-reactive ketones (excluding diaryl/α,β-unsaturated/α-hetero) is 1. The van der Waals surface area contributed by atoms with E-state index >= 15 is 0 Å². The Bertz CT molecular complexity index is 769. The van der Waals surface area contributed by atoms with Gasteiger partial charge in [0.15, 0.2) is 5.78 Å². The highest BCUT2D eigenvalue weighted by atomic mass is 16.6. The number of anilines is 1. The molecule has 1 atom stereocenters. The molecular weight excluding hydrogens is 292 g/mol. The molecule has 2 aromatic rings. The van der Waals surface area contributed by atoms with Crippen molar-refractivity contribution >= 4 is 23.1 Å². The Balaban J connectivity index is 1.69. The van der Waals surface area contributed by atoms with Crippen molar-refractivity contribution in [3.63, 3.8) is 0 Å². The molecular formula is C18H16N2O3. The van der Waals surface area contributed by atoms with Gasteiger partial charge in [0.1, 0.15) is 0 Å². The molecule has 0 radical (unpaired) electrons. The van der Waals surface area contributed by atoms with Gasteiger partial charge in [0, 0.05) is 12.0 Å². The van der Waals surface area contributed by atoms with E-state index in [-0.39, 0.29) is 11.7 Å². The summed E-state index contributed by atoms with van der Waals surface area (Å²) in [7, 11) is 0. The fraction of sp³-hybridized carbons (Fsp3) is 0.167. The molecule has 0 fully saturated rings. The zero-order valence-electron chi connectivity index (χ0n) is 12.7. The van der Waals surface area contributed by atoms with Crippen molar-refractivity contribution in [3.8, 4) is 0 Å². The summed E-state index contributed by atoms with van der Waals surface area (Å²) in [5.41, 5.74) is 2.64. The molecule has 0 spiro atoms. The number of hydrogen-bond acceptors (Lipinski definition) is 4. The van der Waals surface area contributed by atoms with Crippen molar-refractivity contribution in [1.29, 1.82) is 0 Å². The number of para-hydroxylation sites is 1. The number of carbonyl (C=O) groups is 2. The highest BCUT2D eigenvalue weighted by molar-refractivity contribution is 6.08. The van der Waals surface area contributed by atoms with Crippen LogP contribution in [0.5, 0.6) is 0 Å². The Morgan fingerprint density at radius 1 is 1.09 bits per heavy atom. The third-order valence-corrected chi connectivity index (χ3v) is 3.63. The SMILES string of the molecule is CC(=O)c1ccccc1NC(=O)[C@H]1CC(c2ccccc2)=NO1. The number of rotatable bonds is 4.